The van der Waals surface area contributed by atoms with Crippen LogP contribution in [0.25, 0.3) is 0 Å². The Morgan fingerprint density at radius 1 is 1.57 bits per heavy atom. The van der Waals surface area contributed by atoms with Gasteiger partial charge in [0, 0.05) is 24.8 Å². The number of allylic oxidation sites excluding steroid dienone is 1. The summed E-state index contributed by atoms with van der Waals surface area (Å²) in [5.74, 6) is 0. The molecule has 1 amide bonds. The number of hydrogen-bond acceptors (Lipinski definition) is 5. The molecule has 0 saturated carbocycles. The van der Waals surface area contributed by atoms with E-state index in [1.165, 1.54) is 18.3 Å². The van der Waals surface area contributed by atoms with Gasteiger partial charge in [0.2, 0.25) is 0 Å². The first-order valence-electron chi connectivity index (χ1n) is 8.19. The van der Waals surface area contributed by atoms with Gasteiger partial charge in [0.05, 0.1) is 19.5 Å². The second kappa shape index (κ2) is 7.00. The van der Waals surface area contributed by atoms with Crippen molar-refractivity contribution >= 4 is 12.4 Å². The van der Waals surface area contributed by atoms with Crippen LogP contribution >= 0.6 is 0 Å². The van der Waals surface area contributed by atoms with Crippen LogP contribution in [-0.4, -0.2) is 56.2 Å². The molecule has 124 valence electrons. The third kappa shape index (κ3) is 3.32. The predicted octanol–water partition coefficient (Wildman–Crippen LogP) is 1.58. The quantitative estimate of drug-likeness (QED) is 0.829. The van der Waals surface area contributed by atoms with Gasteiger partial charge in [0.15, 0.2) is 0 Å². The van der Waals surface area contributed by atoms with Crippen molar-refractivity contribution in [2.45, 2.75) is 31.8 Å². The van der Waals surface area contributed by atoms with Gasteiger partial charge in [-0.3, -0.25) is 9.89 Å². The molecule has 0 radical (unpaired) electrons. The third-order valence-corrected chi connectivity index (χ3v) is 4.50. The lowest BCUT2D eigenvalue weighted by molar-refractivity contribution is 0.138. The molecule has 2 atom stereocenters. The summed E-state index contributed by atoms with van der Waals surface area (Å²) in [6, 6.07) is 0.537. The number of fused-ring (bicyclic) bond motifs is 1. The molecule has 6 nitrogen and oxygen atoms in total. The van der Waals surface area contributed by atoms with Crippen LogP contribution in [0.2, 0.25) is 0 Å². The van der Waals surface area contributed by atoms with E-state index in [4.69, 9.17) is 4.74 Å². The Bertz CT molecular complexity index is 591. The van der Waals surface area contributed by atoms with Crippen molar-refractivity contribution in [3.8, 4) is 0 Å². The monoisotopic (exact) mass is 316 g/mol. The van der Waals surface area contributed by atoms with Crippen molar-refractivity contribution in [1.82, 2.24) is 15.5 Å². The summed E-state index contributed by atoms with van der Waals surface area (Å²) in [4.78, 5) is 18.0. The fourth-order valence-corrected chi connectivity index (χ4v) is 3.32. The summed E-state index contributed by atoms with van der Waals surface area (Å²) in [6.07, 6.45) is 9.83. The van der Waals surface area contributed by atoms with Crippen LogP contribution in [0, 0.1) is 0 Å². The van der Waals surface area contributed by atoms with E-state index in [2.05, 4.69) is 33.9 Å². The third-order valence-electron chi connectivity index (χ3n) is 4.50. The summed E-state index contributed by atoms with van der Waals surface area (Å²) < 4.78 is 4.89. The van der Waals surface area contributed by atoms with Gasteiger partial charge >= 0.3 is 6.09 Å². The molecule has 1 aliphatic carbocycles. The summed E-state index contributed by atoms with van der Waals surface area (Å²) in [5.41, 5.74) is 3.54. The Kier molecular flexibility index (Phi) is 4.81. The normalized spacial score (nSPS) is 27.8. The Hall–Kier alpha value is -2.08. The molecular formula is C17H24N4O2. The Morgan fingerprint density at radius 2 is 2.43 bits per heavy atom. The molecule has 0 spiro atoms. The highest BCUT2D eigenvalue weighted by molar-refractivity contribution is 5.71. The van der Waals surface area contributed by atoms with E-state index >= 15 is 0 Å². The lowest BCUT2D eigenvalue weighted by atomic mass is 9.85. The zero-order valence-corrected chi connectivity index (χ0v) is 13.7. The second-order valence-electron chi connectivity index (χ2n) is 5.88. The molecule has 3 rings (SSSR count). The van der Waals surface area contributed by atoms with Crippen LogP contribution in [0.15, 0.2) is 40.1 Å². The number of piperidine rings is 1. The number of likely N-dealkylation sites (N-methyl/N-ethyl adjacent to an activating group) is 1. The van der Waals surface area contributed by atoms with Crippen LogP contribution in [0.4, 0.5) is 4.79 Å². The number of rotatable bonds is 3. The number of nitrogens with one attached hydrogen (secondary N) is 2. The first-order chi connectivity index (χ1) is 11.2. The number of aliphatic imine (C=N–C) groups is 1. The minimum atomic E-state index is -0.312. The van der Waals surface area contributed by atoms with Crippen LogP contribution in [0.5, 0.6) is 0 Å². The zero-order chi connectivity index (χ0) is 16.2. The molecule has 0 bridgehead atoms. The fraction of sp³-hybridized carbons (Fsp3) is 0.529. The Balaban J connectivity index is 1.86. The van der Waals surface area contributed by atoms with Gasteiger partial charge in [0.1, 0.15) is 0 Å². The smallest absolute Gasteiger partial charge is 0.413 e. The summed E-state index contributed by atoms with van der Waals surface area (Å²) in [6.45, 7) is 4.39. The lowest BCUT2D eigenvalue weighted by Gasteiger charge is -2.34. The minimum absolute atomic E-state index is 0.210. The molecule has 2 heterocycles. The highest BCUT2D eigenvalue weighted by Gasteiger charge is 2.28. The number of amides is 1. The summed E-state index contributed by atoms with van der Waals surface area (Å²) in [5, 5.41) is 6.69. The molecule has 6 heteroatoms. The molecule has 0 aromatic heterocycles. The van der Waals surface area contributed by atoms with Gasteiger partial charge in [-0.2, -0.15) is 0 Å². The minimum Gasteiger partial charge on any atom is -0.452 e. The maximum atomic E-state index is 11.9. The molecule has 1 saturated heterocycles. The summed E-state index contributed by atoms with van der Waals surface area (Å²) in [7, 11) is 1.42. The highest BCUT2D eigenvalue weighted by atomic mass is 16.5. The molecule has 2 N–H and O–H groups in total. The number of hydrogen-bond donors (Lipinski definition) is 2. The van der Waals surface area contributed by atoms with E-state index in [9.17, 15) is 4.79 Å². The molecule has 2 unspecified atom stereocenters. The number of ether oxygens (including phenoxy) is 1. The molecule has 0 aromatic carbocycles. The van der Waals surface area contributed by atoms with Crippen molar-refractivity contribution in [1.29, 1.82) is 0 Å². The standard InChI is InChI=1S/C17H24N4O2/c1-3-21(17(22)23-2)14-4-5-16-15(9-14)12(6-7-19-16)8-13-10-18-11-20-13/h4,8-9,11,13,16,19H,3,5-7,10H2,1-2H3,(H,18,20)/b12-8+. The summed E-state index contributed by atoms with van der Waals surface area (Å²) >= 11 is 0. The first kappa shape index (κ1) is 15.8. The van der Waals surface area contributed by atoms with Gasteiger partial charge in [-0.05, 0) is 43.5 Å². The van der Waals surface area contributed by atoms with Crippen LogP contribution in [0.3, 0.4) is 0 Å². The molecule has 1 fully saturated rings. The molecule has 0 aromatic rings. The van der Waals surface area contributed by atoms with Crippen LogP contribution in [0.1, 0.15) is 19.8 Å². The average molecular weight is 316 g/mol. The number of nitrogens with zero attached hydrogens (tertiary/aromatic N) is 2. The van der Waals surface area contributed by atoms with Crippen molar-refractivity contribution in [3.63, 3.8) is 0 Å². The van der Waals surface area contributed by atoms with Gasteiger partial charge < -0.3 is 15.4 Å². The van der Waals surface area contributed by atoms with Gasteiger partial charge in [-0.25, -0.2) is 4.79 Å². The molecular weight excluding hydrogens is 292 g/mol. The molecule has 3 aliphatic rings. The van der Waals surface area contributed by atoms with Crippen molar-refractivity contribution in [3.05, 3.63) is 35.1 Å². The van der Waals surface area contributed by atoms with Crippen LogP contribution < -0.4 is 10.6 Å². The van der Waals surface area contributed by atoms with Crippen molar-refractivity contribution in [2.75, 3.05) is 26.7 Å². The fourth-order valence-electron chi connectivity index (χ4n) is 3.32. The highest BCUT2D eigenvalue weighted by Crippen LogP contribution is 2.31. The van der Waals surface area contributed by atoms with Crippen LogP contribution in [-0.2, 0) is 4.74 Å². The van der Waals surface area contributed by atoms with E-state index in [-0.39, 0.29) is 12.1 Å². The van der Waals surface area contributed by atoms with Crippen molar-refractivity contribution in [2.24, 2.45) is 4.99 Å². The molecule has 2 aliphatic heterocycles. The van der Waals surface area contributed by atoms with Gasteiger partial charge in [-0.1, -0.05) is 12.2 Å². The van der Waals surface area contributed by atoms with E-state index < -0.39 is 0 Å². The SMILES string of the molecule is CCN(C(=O)OC)C1=CCC2NCC/C(=C\C3CNC=N3)C2=C1. The second-order valence-corrected chi connectivity index (χ2v) is 5.88. The van der Waals surface area contributed by atoms with Gasteiger partial charge in [0.25, 0.3) is 0 Å². The number of methoxy groups -OCH3 is 1. The van der Waals surface area contributed by atoms with E-state index in [1.807, 2.05) is 6.92 Å². The van der Waals surface area contributed by atoms with Crippen molar-refractivity contribution < 1.29 is 9.53 Å². The lowest BCUT2D eigenvalue weighted by Crippen LogP contribution is -2.40. The topological polar surface area (TPSA) is 66.0 Å². The average Bonchev–Trinajstić information content (AvgIpc) is 3.09. The number of carbonyl (C=O) groups excluding carboxylic acids is 1. The number of carbonyl (C=O) groups is 1. The predicted molar refractivity (Wildman–Crippen MR) is 90.3 cm³/mol. The first-order valence-corrected chi connectivity index (χ1v) is 8.19. The Morgan fingerprint density at radius 3 is 3.13 bits per heavy atom. The largest absolute Gasteiger partial charge is 0.452 e. The maximum absolute atomic E-state index is 11.9. The van der Waals surface area contributed by atoms with E-state index in [1.54, 1.807) is 11.2 Å². The van der Waals surface area contributed by atoms with E-state index in [0.717, 1.165) is 31.6 Å². The molecule has 23 heavy (non-hydrogen) atoms. The maximum Gasteiger partial charge on any atom is 0.413 e. The Labute approximate surface area is 137 Å². The van der Waals surface area contributed by atoms with Gasteiger partial charge in [-0.15, -0.1) is 0 Å². The zero-order valence-electron chi connectivity index (χ0n) is 13.7. The van der Waals surface area contributed by atoms with E-state index in [0.29, 0.717) is 12.6 Å².